The van der Waals surface area contributed by atoms with Crippen molar-refractivity contribution in [3.63, 3.8) is 0 Å². The Hall–Kier alpha value is -0.830. The highest BCUT2D eigenvalue weighted by molar-refractivity contribution is 9.09. The summed E-state index contributed by atoms with van der Waals surface area (Å²) in [6, 6.07) is 9.83. The van der Waals surface area contributed by atoms with E-state index in [-0.39, 0.29) is 11.8 Å². The minimum atomic E-state index is -0.0680. The summed E-state index contributed by atoms with van der Waals surface area (Å²) in [5.41, 5.74) is 1.06. The van der Waals surface area contributed by atoms with Crippen molar-refractivity contribution in [2.75, 3.05) is 11.9 Å². The monoisotopic (exact) mass is 269 g/mol. The molecule has 3 heteroatoms. The molecule has 0 spiro atoms. The van der Waals surface area contributed by atoms with Gasteiger partial charge < -0.3 is 5.32 Å². The normalized spacial score (nSPS) is 12.1. The summed E-state index contributed by atoms with van der Waals surface area (Å²) in [6.45, 7) is 2.67. The average Bonchev–Trinajstić information content (AvgIpc) is 2.29. The van der Waals surface area contributed by atoms with Gasteiger partial charge in [-0.1, -0.05) is 46.3 Å². The molecule has 0 bridgehead atoms. The van der Waals surface area contributed by atoms with Crippen molar-refractivity contribution < 1.29 is 4.79 Å². The van der Waals surface area contributed by atoms with Crippen LogP contribution >= 0.6 is 15.9 Å². The maximum Gasteiger partial charge on any atom is 0.227 e. The summed E-state index contributed by atoms with van der Waals surface area (Å²) in [5.74, 6) is 0.0312. The second-order valence-corrected chi connectivity index (χ2v) is 4.26. The van der Waals surface area contributed by atoms with Crippen LogP contribution in [0.15, 0.2) is 30.3 Å². The van der Waals surface area contributed by atoms with E-state index in [1.807, 2.05) is 37.3 Å². The van der Waals surface area contributed by atoms with Gasteiger partial charge in [0.1, 0.15) is 0 Å². The van der Waals surface area contributed by atoms with Crippen molar-refractivity contribution in [1.82, 2.24) is 5.32 Å². The smallest absolute Gasteiger partial charge is 0.227 e. The van der Waals surface area contributed by atoms with E-state index in [0.29, 0.717) is 0 Å². The highest BCUT2D eigenvalue weighted by Gasteiger charge is 2.13. The van der Waals surface area contributed by atoms with E-state index >= 15 is 0 Å². The van der Waals surface area contributed by atoms with Crippen molar-refractivity contribution >= 4 is 21.8 Å². The number of hydrogen-bond donors (Lipinski definition) is 1. The van der Waals surface area contributed by atoms with Gasteiger partial charge in [-0.15, -0.1) is 0 Å². The summed E-state index contributed by atoms with van der Waals surface area (Å²) in [6.07, 6.45) is 0.966. The Morgan fingerprint density at radius 1 is 1.40 bits per heavy atom. The van der Waals surface area contributed by atoms with Crippen LogP contribution in [0, 0.1) is 0 Å². The fourth-order valence-electron chi connectivity index (χ4n) is 1.32. The first kappa shape index (κ1) is 12.2. The van der Waals surface area contributed by atoms with Crippen molar-refractivity contribution in [1.29, 1.82) is 0 Å². The van der Waals surface area contributed by atoms with Crippen LogP contribution in [0.2, 0.25) is 0 Å². The highest BCUT2D eigenvalue weighted by atomic mass is 79.9. The number of halogens is 1. The molecule has 0 fully saturated rings. The quantitative estimate of drug-likeness (QED) is 0.647. The lowest BCUT2D eigenvalue weighted by Crippen LogP contribution is -2.28. The molecule has 2 nitrogen and oxygen atoms in total. The Bertz CT molecular complexity index is 300. The first-order chi connectivity index (χ1) is 7.25. The van der Waals surface area contributed by atoms with Crippen LogP contribution in [-0.4, -0.2) is 17.8 Å². The molecule has 82 valence electrons. The third-order valence-electron chi connectivity index (χ3n) is 2.30. The van der Waals surface area contributed by atoms with Gasteiger partial charge in [-0.25, -0.2) is 0 Å². The molecule has 0 saturated heterocycles. The lowest BCUT2D eigenvalue weighted by molar-refractivity contribution is -0.122. The van der Waals surface area contributed by atoms with Crippen LogP contribution in [-0.2, 0) is 4.79 Å². The molecule has 1 aromatic rings. The number of alkyl halides is 1. The number of hydrogen-bond acceptors (Lipinski definition) is 1. The number of carbonyl (C=O) groups excluding carboxylic acids is 1. The van der Waals surface area contributed by atoms with Gasteiger partial charge in [-0.2, -0.15) is 0 Å². The molecule has 0 aliphatic rings. The van der Waals surface area contributed by atoms with Gasteiger partial charge in [-0.05, 0) is 18.9 Å². The molecule has 0 aliphatic carbocycles. The molecule has 0 saturated carbocycles. The highest BCUT2D eigenvalue weighted by Crippen LogP contribution is 2.14. The number of nitrogens with one attached hydrogen (secondary N) is 1. The van der Waals surface area contributed by atoms with E-state index in [4.69, 9.17) is 0 Å². The Balaban J connectivity index is 2.46. The van der Waals surface area contributed by atoms with Gasteiger partial charge in [-0.3, -0.25) is 4.79 Å². The molecule has 0 heterocycles. The molecule has 15 heavy (non-hydrogen) atoms. The van der Waals surface area contributed by atoms with Crippen molar-refractivity contribution in [2.24, 2.45) is 0 Å². The molecule has 1 atom stereocenters. The molecular formula is C12H16BrNO. The third kappa shape index (κ3) is 4.04. The van der Waals surface area contributed by atoms with Gasteiger partial charge >= 0.3 is 0 Å². The number of amides is 1. The largest absolute Gasteiger partial charge is 0.356 e. The van der Waals surface area contributed by atoms with Crippen molar-refractivity contribution in [2.45, 2.75) is 19.3 Å². The fraction of sp³-hybridized carbons (Fsp3) is 0.417. The molecule has 0 radical (unpaired) electrons. The van der Waals surface area contributed by atoms with Crippen LogP contribution < -0.4 is 5.32 Å². The minimum Gasteiger partial charge on any atom is -0.356 e. The van der Waals surface area contributed by atoms with E-state index < -0.39 is 0 Å². The first-order valence-corrected chi connectivity index (χ1v) is 6.26. The number of carbonyl (C=O) groups is 1. The maximum atomic E-state index is 11.7. The Morgan fingerprint density at radius 3 is 2.67 bits per heavy atom. The molecule has 1 unspecified atom stereocenters. The van der Waals surface area contributed by atoms with Crippen LogP contribution in [0.1, 0.15) is 24.8 Å². The summed E-state index contributed by atoms with van der Waals surface area (Å²) in [7, 11) is 0. The van der Waals surface area contributed by atoms with Crippen molar-refractivity contribution in [3.8, 4) is 0 Å². The zero-order valence-corrected chi connectivity index (χ0v) is 10.5. The first-order valence-electron chi connectivity index (χ1n) is 5.14. The molecule has 0 aliphatic heterocycles. The SMILES string of the molecule is CC(C(=O)NCCCBr)c1ccccc1. The zero-order valence-electron chi connectivity index (χ0n) is 8.87. The van der Waals surface area contributed by atoms with Gasteiger partial charge in [0.25, 0.3) is 0 Å². The predicted molar refractivity (Wildman–Crippen MR) is 66.3 cm³/mol. The second-order valence-electron chi connectivity index (χ2n) is 3.47. The van der Waals surface area contributed by atoms with E-state index in [1.165, 1.54) is 0 Å². The topological polar surface area (TPSA) is 29.1 Å². The van der Waals surface area contributed by atoms with Gasteiger partial charge in [0.15, 0.2) is 0 Å². The summed E-state index contributed by atoms with van der Waals surface area (Å²) >= 11 is 3.33. The summed E-state index contributed by atoms with van der Waals surface area (Å²) in [4.78, 5) is 11.7. The number of benzene rings is 1. The summed E-state index contributed by atoms with van der Waals surface area (Å²) < 4.78 is 0. The number of rotatable bonds is 5. The summed E-state index contributed by atoms with van der Waals surface area (Å²) in [5, 5.41) is 3.84. The molecule has 1 amide bonds. The fourth-order valence-corrected chi connectivity index (χ4v) is 1.60. The van der Waals surface area contributed by atoms with Crippen molar-refractivity contribution in [3.05, 3.63) is 35.9 Å². The van der Waals surface area contributed by atoms with Crippen LogP contribution in [0.25, 0.3) is 0 Å². The van der Waals surface area contributed by atoms with E-state index in [1.54, 1.807) is 0 Å². The van der Waals surface area contributed by atoms with E-state index in [9.17, 15) is 4.79 Å². The van der Waals surface area contributed by atoms with Crippen LogP contribution in [0.3, 0.4) is 0 Å². The average molecular weight is 270 g/mol. The Morgan fingerprint density at radius 2 is 2.07 bits per heavy atom. The van der Waals surface area contributed by atoms with Crippen LogP contribution in [0.5, 0.6) is 0 Å². The van der Waals surface area contributed by atoms with Gasteiger partial charge in [0.2, 0.25) is 5.91 Å². The Labute approximate surface area is 99.2 Å². The minimum absolute atomic E-state index is 0.0680. The predicted octanol–water partition coefficient (Wildman–Crippen LogP) is 2.69. The van der Waals surface area contributed by atoms with E-state index in [2.05, 4.69) is 21.2 Å². The van der Waals surface area contributed by atoms with Gasteiger partial charge in [0, 0.05) is 11.9 Å². The molecule has 1 rings (SSSR count). The second kappa shape index (κ2) is 6.62. The lowest BCUT2D eigenvalue weighted by atomic mass is 10.0. The molecular weight excluding hydrogens is 254 g/mol. The Kier molecular flexibility index (Phi) is 5.40. The third-order valence-corrected chi connectivity index (χ3v) is 2.86. The van der Waals surface area contributed by atoms with Crippen LogP contribution in [0.4, 0.5) is 0 Å². The molecule has 1 aromatic carbocycles. The standard InChI is InChI=1S/C12H16BrNO/c1-10(11-6-3-2-4-7-11)12(15)14-9-5-8-13/h2-4,6-7,10H,5,8-9H2,1H3,(H,14,15). The van der Waals surface area contributed by atoms with Gasteiger partial charge in [0.05, 0.1) is 5.92 Å². The maximum absolute atomic E-state index is 11.7. The lowest BCUT2D eigenvalue weighted by Gasteiger charge is -2.11. The molecule has 0 aromatic heterocycles. The van der Waals surface area contributed by atoms with E-state index in [0.717, 1.165) is 23.9 Å². The zero-order chi connectivity index (χ0) is 11.1. The molecule has 1 N–H and O–H groups in total.